The molecule has 0 saturated carbocycles. The molecule has 0 bridgehead atoms. The lowest BCUT2D eigenvalue weighted by atomic mass is 9.87. The molecule has 1 aromatic carbocycles. The van der Waals surface area contributed by atoms with Gasteiger partial charge in [0, 0.05) is 12.3 Å². The maximum atomic E-state index is 5.59. The van der Waals surface area contributed by atoms with Crippen LogP contribution in [0.4, 0.5) is 0 Å². The van der Waals surface area contributed by atoms with Crippen molar-refractivity contribution in [3.8, 4) is 11.6 Å². The van der Waals surface area contributed by atoms with Crippen LogP contribution in [0.25, 0.3) is 0 Å². The number of hydrogen-bond donors (Lipinski definition) is 0. The maximum absolute atomic E-state index is 5.59. The second kappa shape index (κ2) is 4.53. The van der Waals surface area contributed by atoms with E-state index in [1.165, 1.54) is 11.9 Å². The molecule has 1 aromatic heterocycles. The number of ether oxygens (including phenoxy) is 1. The summed E-state index contributed by atoms with van der Waals surface area (Å²) in [6.07, 6.45) is 3.13. The van der Waals surface area contributed by atoms with Crippen molar-refractivity contribution in [3.63, 3.8) is 0 Å². The van der Waals surface area contributed by atoms with Crippen LogP contribution in [-0.2, 0) is 5.41 Å². The molecule has 2 aromatic rings. The molecule has 0 saturated heterocycles. The first-order valence-corrected chi connectivity index (χ1v) is 5.60. The normalized spacial score (nSPS) is 11.2. The van der Waals surface area contributed by atoms with Crippen LogP contribution >= 0.6 is 0 Å². The highest BCUT2D eigenvalue weighted by atomic mass is 16.5. The van der Waals surface area contributed by atoms with Crippen molar-refractivity contribution >= 4 is 0 Å². The van der Waals surface area contributed by atoms with Gasteiger partial charge in [-0.15, -0.1) is 0 Å². The first-order chi connectivity index (χ1) is 8.05. The van der Waals surface area contributed by atoms with Gasteiger partial charge in [-0.1, -0.05) is 32.9 Å². The van der Waals surface area contributed by atoms with Gasteiger partial charge >= 0.3 is 0 Å². The SMILES string of the molecule is CC(C)(C)c1ccc(Oc2ccncn2)cc1. The van der Waals surface area contributed by atoms with E-state index in [2.05, 4.69) is 42.9 Å². The lowest BCUT2D eigenvalue weighted by molar-refractivity contribution is 0.460. The minimum absolute atomic E-state index is 0.160. The van der Waals surface area contributed by atoms with Crippen LogP contribution in [0.3, 0.4) is 0 Å². The van der Waals surface area contributed by atoms with Gasteiger partial charge in [-0.3, -0.25) is 0 Å². The van der Waals surface area contributed by atoms with Crippen LogP contribution in [0, 0.1) is 0 Å². The van der Waals surface area contributed by atoms with Gasteiger partial charge in [-0.05, 0) is 23.1 Å². The van der Waals surface area contributed by atoms with Crippen LogP contribution in [0.15, 0.2) is 42.9 Å². The number of benzene rings is 1. The highest BCUT2D eigenvalue weighted by Crippen LogP contribution is 2.25. The Hall–Kier alpha value is -1.90. The quantitative estimate of drug-likeness (QED) is 0.788. The molecule has 3 nitrogen and oxygen atoms in total. The zero-order chi connectivity index (χ0) is 12.3. The third-order valence-corrected chi connectivity index (χ3v) is 2.50. The van der Waals surface area contributed by atoms with E-state index >= 15 is 0 Å². The van der Waals surface area contributed by atoms with E-state index in [1.807, 2.05) is 12.1 Å². The zero-order valence-electron chi connectivity index (χ0n) is 10.3. The Morgan fingerprint density at radius 1 is 1.00 bits per heavy atom. The first kappa shape index (κ1) is 11.6. The molecule has 17 heavy (non-hydrogen) atoms. The number of nitrogens with zero attached hydrogens (tertiary/aromatic N) is 2. The highest BCUT2D eigenvalue weighted by Gasteiger charge is 2.13. The molecule has 88 valence electrons. The molecule has 0 aliphatic rings. The number of hydrogen-bond acceptors (Lipinski definition) is 3. The maximum Gasteiger partial charge on any atom is 0.222 e. The van der Waals surface area contributed by atoms with Gasteiger partial charge in [0.25, 0.3) is 0 Å². The molecule has 1 heterocycles. The van der Waals surface area contributed by atoms with Crippen molar-refractivity contribution in [2.75, 3.05) is 0 Å². The van der Waals surface area contributed by atoms with E-state index in [0.717, 1.165) is 5.75 Å². The fourth-order valence-electron chi connectivity index (χ4n) is 1.48. The predicted molar refractivity (Wildman–Crippen MR) is 67.2 cm³/mol. The average molecular weight is 228 g/mol. The molecule has 0 aliphatic heterocycles. The van der Waals surface area contributed by atoms with Crippen LogP contribution < -0.4 is 4.74 Å². The van der Waals surface area contributed by atoms with Gasteiger partial charge < -0.3 is 4.74 Å². The van der Waals surface area contributed by atoms with Crippen LogP contribution in [-0.4, -0.2) is 9.97 Å². The van der Waals surface area contributed by atoms with Gasteiger partial charge in [0.05, 0.1) is 0 Å². The van der Waals surface area contributed by atoms with Crippen LogP contribution in [0.5, 0.6) is 11.6 Å². The summed E-state index contributed by atoms with van der Waals surface area (Å²) in [5.74, 6) is 1.35. The van der Waals surface area contributed by atoms with E-state index in [9.17, 15) is 0 Å². The minimum atomic E-state index is 0.160. The van der Waals surface area contributed by atoms with Gasteiger partial charge in [0.15, 0.2) is 0 Å². The molecule has 2 rings (SSSR count). The first-order valence-electron chi connectivity index (χ1n) is 5.60. The molecule has 0 aliphatic carbocycles. The Morgan fingerprint density at radius 2 is 1.71 bits per heavy atom. The van der Waals surface area contributed by atoms with Gasteiger partial charge in [0.2, 0.25) is 5.88 Å². The molecule has 0 radical (unpaired) electrons. The largest absolute Gasteiger partial charge is 0.439 e. The van der Waals surface area contributed by atoms with Gasteiger partial charge in [-0.2, -0.15) is 0 Å². The van der Waals surface area contributed by atoms with Gasteiger partial charge in [-0.25, -0.2) is 9.97 Å². The van der Waals surface area contributed by atoms with Crippen molar-refractivity contribution in [1.29, 1.82) is 0 Å². The molecular weight excluding hydrogens is 212 g/mol. The van der Waals surface area contributed by atoms with Crippen LogP contribution in [0.2, 0.25) is 0 Å². The lowest BCUT2D eigenvalue weighted by Crippen LogP contribution is -2.10. The van der Waals surface area contributed by atoms with E-state index in [-0.39, 0.29) is 5.41 Å². The van der Waals surface area contributed by atoms with E-state index in [0.29, 0.717) is 5.88 Å². The molecule has 0 unspecified atom stereocenters. The molecule has 0 amide bonds. The second-order valence-electron chi connectivity index (χ2n) is 4.92. The Kier molecular flexibility index (Phi) is 3.09. The summed E-state index contributed by atoms with van der Waals surface area (Å²) in [4.78, 5) is 7.85. The Bertz CT molecular complexity index is 472. The van der Waals surface area contributed by atoms with Crippen molar-refractivity contribution < 1.29 is 4.74 Å². The molecule has 3 heteroatoms. The third kappa shape index (κ3) is 3.03. The third-order valence-electron chi connectivity index (χ3n) is 2.50. The lowest BCUT2D eigenvalue weighted by Gasteiger charge is -2.19. The number of aromatic nitrogens is 2. The van der Waals surface area contributed by atoms with Crippen molar-refractivity contribution in [2.24, 2.45) is 0 Å². The highest BCUT2D eigenvalue weighted by molar-refractivity contribution is 5.33. The standard InChI is InChI=1S/C14H16N2O/c1-14(2,3)11-4-6-12(7-5-11)17-13-8-9-15-10-16-13/h4-10H,1-3H3. The number of rotatable bonds is 2. The fraction of sp³-hybridized carbons (Fsp3) is 0.286. The van der Waals surface area contributed by atoms with E-state index < -0.39 is 0 Å². The molecule has 0 fully saturated rings. The van der Waals surface area contributed by atoms with Crippen molar-refractivity contribution in [2.45, 2.75) is 26.2 Å². The van der Waals surface area contributed by atoms with Crippen molar-refractivity contribution in [3.05, 3.63) is 48.4 Å². The predicted octanol–water partition coefficient (Wildman–Crippen LogP) is 3.57. The fourth-order valence-corrected chi connectivity index (χ4v) is 1.48. The zero-order valence-corrected chi connectivity index (χ0v) is 10.3. The topological polar surface area (TPSA) is 35.0 Å². The Morgan fingerprint density at radius 3 is 2.24 bits per heavy atom. The summed E-state index contributed by atoms with van der Waals surface area (Å²) in [5.41, 5.74) is 1.44. The van der Waals surface area contributed by atoms with E-state index in [4.69, 9.17) is 4.74 Å². The van der Waals surface area contributed by atoms with Crippen molar-refractivity contribution in [1.82, 2.24) is 9.97 Å². The molecule has 0 atom stereocenters. The summed E-state index contributed by atoms with van der Waals surface area (Å²) < 4.78 is 5.59. The molecular formula is C14H16N2O. The minimum Gasteiger partial charge on any atom is -0.439 e. The molecule has 0 N–H and O–H groups in total. The van der Waals surface area contributed by atoms with Gasteiger partial charge in [0.1, 0.15) is 12.1 Å². The second-order valence-corrected chi connectivity index (χ2v) is 4.92. The summed E-state index contributed by atoms with van der Waals surface area (Å²) >= 11 is 0. The smallest absolute Gasteiger partial charge is 0.222 e. The summed E-state index contributed by atoms with van der Waals surface area (Å²) in [6.45, 7) is 6.56. The Balaban J connectivity index is 2.14. The average Bonchev–Trinajstić information content (AvgIpc) is 2.30. The van der Waals surface area contributed by atoms with Crippen LogP contribution in [0.1, 0.15) is 26.3 Å². The summed E-state index contributed by atoms with van der Waals surface area (Å²) in [5, 5.41) is 0. The summed E-state index contributed by atoms with van der Waals surface area (Å²) in [7, 11) is 0. The summed E-state index contributed by atoms with van der Waals surface area (Å²) in [6, 6.07) is 9.82. The Labute approximate surface area is 102 Å². The monoisotopic (exact) mass is 228 g/mol. The van der Waals surface area contributed by atoms with E-state index in [1.54, 1.807) is 12.3 Å². The molecule has 0 spiro atoms.